The van der Waals surface area contributed by atoms with E-state index in [2.05, 4.69) is 20.5 Å². The summed E-state index contributed by atoms with van der Waals surface area (Å²) in [5, 5.41) is 15.9. The lowest BCUT2D eigenvalue weighted by molar-refractivity contribution is -0.115. The Morgan fingerprint density at radius 3 is 3.00 bits per heavy atom. The maximum absolute atomic E-state index is 12.2. The van der Waals surface area contributed by atoms with Crippen molar-refractivity contribution in [3.8, 4) is 5.75 Å². The quantitative estimate of drug-likeness (QED) is 0.604. The van der Waals surface area contributed by atoms with E-state index < -0.39 is 0 Å². The molecule has 0 radical (unpaired) electrons. The Kier molecular flexibility index (Phi) is 5.38. The van der Waals surface area contributed by atoms with Crippen molar-refractivity contribution in [1.29, 1.82) is 0 Å². The molecule has 4 rings (SSSR count). The van der Waals surface area contributed by atoms with E-state index >= 15 is 0 Å². The number of aromatic nitrogens is 3. The summed E-state index contributed by atoms with van der Waals surface area (Å²) in [6, 6.07) is 5.53. The molecule has 1 N–H and O–H groups in total. The van der Waals surface area contributed by atoms with Gasteiger partial charge in [0, 0.05) is 16.3 Å². The number of ether oxygens (including phenoxy) is 1. The molecule has 1 fully saturated rings. The van der Waals surface area contributed by atoms with E-state index in [0.29, 0.717) is 22.7 Å². The van der Waals surface area contributed by atoms with Crippen LogP contribution in [0.4, 0.5) is 5.13 Å². The molecule has 2 heterocycles. The second kappa shape index (κ2) is 7.92. The van der Waals surface area contributed by atoms with E-state index in [-0.39, 0.29) is 12.3 Å². The minimum atomic E-state index is -0.139. The van der Waals surface area contributed by atoms with E-state index in [1.807, 2.05) is 30.5 Å². The van der Waals surface area contributed by atoms with Crippen LogP contribution in [0.15, 0.2) is 23.6 Å². The monoisotopic (exact) mass is 420 g/mol. The lowest BCUT2D eigenvalue weighted by Gasteiger charge is -2.05. The predicted octanol–water partition coefficient (Wildman–Crippen LogP) is 4.59. The Balaban J connectivity index is 1.29. The number of benzene rings is 1. The van der Waals surface area contributed by atoms with Crippen molar-refractivity contribution in [2.24, 2.45) is 0 Å². The minimum absolute atomic E-state index is 0.139. The summed E-state index contributed by atoms with van der Waals surface area (Å²) in [4.78, 5) is 16.6. The molecule has 0 saturated heterocycles. The van der Waals surface area contributed by atoms with E-state index in [1.54, 1.807) is 0 Å². The smallest absolute Gasteiger partial charge is 0.232 e. The molecule has 1 aliphatic carbocycles. The highest BCUT2D eigenvalue weighted by Crippen LogP contribution is 2.42. The largest absolute Gasteiger partial charge is 0.486 e. The van der Waals surface area contributed by atoms with Crippen molar-refractivity contribution in [1.82, 2.24) is 15.2 Å². The summed E-state index contributed by atoms with van der Waals surface area (Å²) < 4.78 is 5.75. The maximum atomic E-state index is 12.2. The van der Waals surface area contributed by atoms with Crippen LogP contribution in [0.25, 0.3) is 0 Å². The molecule has 0 spiro atoms. The lowest BCUT2D eigenvalue weighted by atomic mass is 10.2. The number of thiazole rings is 1. The van der Waals surface area contributed by atoms with Crippen LogP contribution in [0, 0.1) is 6.92 Å². The first-order valence-corrected chi connectivity index (χ1v) is 10.6. The highest BCUT2D eigenvalue weighted by atomic mass is 35.5. The molecule has 1 aliphatic rings. The lowest BCUT2D eigenvalue weighted by Crippen LogP contribution is -2.14. The second-order valence-corrected chi connectivity index (χ2v) is 8.74. The van der Waals surface area contributed by atoms with Gasteiger partial charge in [0.1, 0.15) is 22.4 Å². The molecule has 0 bridgehead atoms. The summed E-state index contributed by atoms with van der Waals surface area (Å²) in [6.07, 6.45) is 2.54. The SMILES string of the molecule is Cc1cc(OCc2nc(CC(=O)Nc3nnc(C4CC4)s3)cs2)ccc1Cl. The van der Waals surface area contributed by atoms with E-state index in [0.717, 1.165) is 27.0 Å². The highest BCUT2D eigenvalue weighted by molar-refractivity contribution is 7.15. The molecule has 1 saturated carbocycles. The summed E-state index contributed by atoms with van der Waals surface area (Å²) in [5.74, 6) is 1.15. The van der Waals surface area contributed by atoms with Gasteiger partial charge in [0.25, 0.3) is 0 Å². The second-order valence-electron chi connectivity index (χ2n) is 6.38. The third-order valence-corrected chi connectivity index (χ3v) is 6.34. The fourth-order valence-electron chi connectivity index (χ4n) is 2.46. The topological polar surface area (TPSA) is 77.0 Å². The Hall–Kier alpha value is -2.03. The number of aryl methyl sites for hydroxylation is 1. The van der Waals surface area contributed by atoms with Gasteiger partial charge in [0.15, 0.2) is 0 Å². The van der Waals surface area contributed by atoms with Crippen LogP contribution in [0.2, 0.25) is 5.02 Å². The van der Waals surface area contributed by atoms with Gasteiger partial charge in [-0.15, -0.1) is 21.5 Å². The molecule has 6 nitrogen and oxygen atoms in total. The average molecular weight is 421 g/mol. The Morgan fingerprint density at radius 2 is 2.22 bits per heavy atom. The number of nitrogens with one attached hydrogen (secondary N) is 1. The minimum Gasteiger partial charge on any atom is -0.486 e. The first-order valence-electron chi connectivity index (χ1n) is 8.52. The normalized spacial score (nSPS) is 13.6. The molecule has 0 atom stereocenters. The standard InChI is InChI=1S/C18H17ClN4O2S2/c1-10-6-13(4-5-14(10)19)25-8-16-20-12(9-26-16)7-15(24)21-18-23-22-17(27-18)11-2-3-11/h4-6,9,11H,2-3,7-8H2,1H3,(H,21,23,24). The zero-order valence-corrected chi connectivity index (χ0v) is 17.0. The fraction of sp³-hybridized carbons (Fsp3) is 0.333. The number of halogens is 1. The number of carbonyl (C=O) groups excluding carboxylic acids is 1. The number of anilines is 1. The van der Waals surface area contributed by atoms with Crippen LogP contribution < -0.4 is 10.1 Å². The Labute approximate surface area is 169 Å². The van der Waals surface area contributed by atoms with Gasteiger partial charge in [0.05, 0.1) is 12.1 Å². The predicted molar refractivity (Wildman–Crippen MR) is 107 cm³/mol. The number of amides is 1. The number of nitrogens with zero attached hydrogens (tertiary/aromatic N) is 3. The van der Waals surface area contributed by atoms with Crippen molar-refractivity contribution in [3.63, 3.8) is 0 Å². The van der Waals surface area contributed by atoms with Crippen LogP contribution in [0.3, 0.4) is 0 Å². The van der Waals surface area contributed by atoms with Crippen molar-refractivity contribution in [2.45, 2.75) is 38.7 Å². The van der Waals surface area contributed by atoms with E-state index in [4.69, 9.17) is 16.3 Å². The molecule has 1 aromatic carbocycles. The number of hydrogen-bond donors (Lipinski definition) is 1. The van der Waals surface area contributed by atoms with E-state index in [9.17, 15) is 4.79 Å². The van der Waals surface area contributed by atoms with Crippen LogP contribution in [-0.4, -0.2) is 21.1 Å². The molecule has 9 heteroatoms. The first-order chi connectivity index (χ1) is 13.1. The maximum Gasteiger partial charge on any atom is 0.232 e. The number of carbonyl (C=O) groups is 1. The van der Waals surface area contributed by atoms with Gasteiger partial charge in [-0.05, 0) is 43.5 Å². The Morgan fingerprint density at radius 1 is 1.37 bits per heavy atom. The van der Waals surface area contributed by atoms with Gasteiger partial charge in [-0.25, -0.2) is 4.98 Å². The van der Waals surface area contributed by atoms with Gasteiger partial charge < -0.3 is 10.1 Å². The average Bonchev–Trinajstić information content (AvgIpc) is 3.23. The van der Waals surface area contributed by atoms with Crippen LogP contribution >= 0.6 is 34.3 Å². The van der Waals surface area contributed by atoms with Crippen LogP contribution in [-0.2, 0) is 17.8 Å². The molecule has 27 heavy (non-hydrogen) atoms. The molecule has 3 aromatic rings. The number of hydrogen-bond acceptors (Lipinski definition) is 7. The fourth-order valence-corrected chi connectivity index (χ4v) is 4.21. The van der Waals surface area contributed by atoms with Crippen LogP contribution in [0.5, 0.6) is 5.75 Å². The highest BCUT2D eigenvalue weighted by Gasteiger charge is 2.27. The van der Waals surface area contributed by atoms with Crippen molar-refractivity contribution >= 4 is 45.3 Å². The van der Waals surface area contributed by atoms with Gasteiger partial charge in [-0.2, -0.15) is 0 Å². The summed E-state index contributed by atoms with van der Waals surface area (Å²) in [7, 11) is 0. The molecule has 0 unspecified atom stereocenters. The molecular formula is C18H17ClN4O2S2. The van der Waals surface area contributed by atoms with Gasteiger partial charge in [0.2, 0.25) is 11.0 Å². The third kappa shape index (κ3) is 4.82. The molecule has 140 valence electrons. The molecular weight excluding hydrogens is 404 g/mol. The summed E-state index contributed by atoms with van der Waals surface area (Å²) in [5.41, 5.74) is 1.68. The Bertz CT molecular complexity index is 968. The first kappa shape index (κ1) is 18.3. The van der Waals surface area contributed by atoms with Gasteiger partial charge >= 0.3 is 0 Å². The van der Waals surface area contributed by atoms with Gasteiger partial charge in [-0.3, -0.25) is 4.79 Å². The summed E-state index contributed by atoms with van der Waals surface area (Å²) in [6.45, 7) is 2.29. The van der Waals surface area contributed by atoms with Crippen LogP contribution in [0.1, 0.15) is 40.0 Å². The van der Waals surface area contributed by atoms with Crippen molar-refractivity contribution < 1.29 is 9.53 Å². The number of rotatable bonds is 7. The van der Waals surface area contributed by atoms with Gasteiger partial charge in [-0.1, -0.05) is 22.9 Å². The van der Waals surface area contributed by atoms with Crippen molar-refractivity contribution in [2.75, 3.05) is 5.32 Å². The third-order valence-electron chi connectivity index (χ3n) is 4.05. The molecule has 1 amide bonds. The molecule has 0 aliphatic heterocycles. The van der Waals surface area contributed by atoms with E-state index in [1.165, 1.54) is 35.5 Å². The molecule has 2 aromatic heterocycles. The van der Waals surface area contributed by atoms with Crippen molar-refractivity contribution in [3.05, 3.63) is 49.9 Å². The zero-order valence-electron chi connectivity index (χ0n) is 14.6. The zero-order chi connectivity index (χ0) is 18.8. The summed E-state index contributed by atoms with van der Waals surface area (Å²) >= 11 is 8.94.